The number of hydrogen-bond donors (Lipinski definition) is 1. The van der Waals surface area contributed by atoms with E-state index in [4.69, 9.17) is 11.6 Å². The summed E-state index contributed by atoms with van der Waals surface area (Å²) in [6.07, 6.45) is 0.263. The standard InChI is InChI=1S/C14H14ClN3O/c1-10-6-7-12(18-17-10)9-16-14(19)8-11-4-2-3-5-13(11)15/h2-7H,8-9H2,1H3,(H,16,19). The highest BCUT2D eigenvalue weighted by Gasteiger charge is 2.06. The minimum absolute atomic E-state index is 0.0875. The van der Waals surface area contributed by atoms with Crippen molar-refractivity contribution in [1.29, 1.82) is 0 Å². The molecule has 0 unspecified atom stereocenters. The van der Waals surface area contributed by atoms with Crippen LogP contribution >= 0.6 is 11.6 Å². The molecule has 0 spiro atoms. The average molecular weight is 276 g/mol. The number of nitrogens with zero attached hydrogens (tertiary/aromatic N) is 2. The zero-order valence-corrected chi connectivity index (χ0v) is 11.3. The Labute approximate surface area is 116 Å². The smallest absolute Gasteiger partial charge is 0.224 e. The maximum Gasteiger partial charge on any atom is 0.224 e. The van der Waals surface area contributed by atoms with E-state index in [-0.39, 0.29) is 12.3 Å². The van der Waals surface area contributed by atoms with Crippen molar-refractivity contribution in [1.82, 2.24) is 15.5 Å². The second-order valence-electron chi connectivity index (χ2n) is 4.21. The van der Waals surface area contributed by atoms with Gasteiger partial charge in [-0.05, 0) is 30.7 Å². The number of nitrogens with one attached hydrogen (secondary N) is 1. The molecular formula is C14H14ClN3O. The topological polar surface area (TPSA) is 54.9 Å². The molecule has 0 fully saturated rings. The maximum absolute atomic E-state index is 11.8. The van der Waals surface area contributed by atoms with Gasteiger partial charge < -0.3 is 5.32 Å². The van der Waals surface area contributed by atoms with Crippen molar-refractivity contribution in [2.45, 2.75) is 19.9 Å². The van der Waals surface area contributed by atoms with Crippen LogP contribution in [0.5, 0.6) is 0 Å². The lowest BCUT2D eigenvalue weighted by molar-refractivity contribution is -0.120. The van der Waals surface area contributed by atoms with Crippen molar-refractivity contribution >= 4 is 17.5 Å². The Kier molecular flexibility index (Phi) is 4.47. The highest BCUT2D eigenvalue weighted by atomic mass is 35.5. The predicted molar refractivity (Wildman–Crippen MR) is 73.8 cm³/mol. The Morgan fingerprint density at radius 1 is 1.21 bits per heavy atom. The SMILES string of the molecule is Cc1ccc(CNC(=O)Cc2ccccc2Cl)nn1. The monoisotopic (exact) mass is 275 g/mol. The Bertz CT molecular complexity index is 569. The van der Waals surface area contributed by atoms with E-state index >= 15 is 0 Å². The number of aromatic nitrogens is 2. The van der Waals surface area contributed by atoms with Crippen LogP contribution in [0.15, 0.2) is 36.4 Å². The van der Waals surface area contributed by atoms with Gasteiger partial charge in [0.25, 0.3) is 0 Å². The fourth-order valence-electron chi connectivity index (χ4n) is 1.59. The van der Waals surface area contributed by atoms with Gasteiger partial charge in [0.2, 0.25) is 5.91 Å². The van der Waals surface area contributed by atoms with Crippen LogP contribution in [-0.2, 0) is 17.8 Å². The number of amides is 1. The summed E-state index contributed by atoms with van der Waals surface area (Å²) < 4.78 is 0. The molecule has 0 saturated heterocycles. The van der Waals surface area contributed by atoms with E-state index in [2.05, 4.69) is 15.5 Å². The molecule has 0 aliphatic carbocycles. The zero-order valence-electron chi connectivity index (χ0n) is 10.6. The van der Waals surface area contributed by atoms with Crippen molar-refractivity contribution in [2.24, 2.45) is 0 Å². The molecule has 0 atom stereocenters. The Morgan fingerprint density at radius 3 is 2.68 bits per heavy atom. The van der Waals surface area contributed by atoms with Gasteiger partial charge >= 0.3 is 0 Å². The van der Waals surface area contributed by atoms with Gasteiger partial charge in [0.15, 0.2) is 0 Å². The highest BCUT2D eigenvalue weighted by molar-refractivity contribution is 6.31. The van der Waals surface area contributed by atoms with Gasteiger partial charge in [0, 0.05) is 5.02 Å². The van der Waals surface area contributed by atoms with E-state index < -0.39 is 0 Å². The van der Waals surface area contributed by atoms with Gasteiger partial charge in [-0.2, -0.15) is 10.2 Å². The molecule has 0 saturated carbocycles. The maximum atomic E-state index is 11.8. The molecule has 2 aromatic rings. The number of rotatable bonds is 4. The minimum atomic E-state index is -0.0875. The molecule has 2 rings (SSSR count). The number of halogens is 1. The summed E-state index contributed by atoms with van der Waals surface area (Å²) in [5.74, 6) is -0.0875. The van der Waals surface area contributed by atoms with Crippen LogP contribution in [-0.4, -0.2) is 16.1 Å². The summed E-state index contributed by atoms with van der Waals surface area (Å²) >= 11 is 6.00. The molecule has 19 heavy (non-hydrogen) atoms. The van der Waals surface area contributed by atoms with E-state index in [0.717, 1.165) is 17.0 Å². The third kappa shape index (κ3) is 4.03. The predicted octanol–water partition coefficient (Wildman–Crippen LogP) is 2.30. The number of benzene rings is 1. The van der Waals surface area contributed by atoms with E-state index in [1.165, 1.54) is 0 Å². The van der Waals surface area contributed by atoms with Gasteiger partial charge in [-0.1, -0.05) is 29.8 Å². The lowest BCUT2D eigenvalue weighted by Gasteiger charge is -2.06. The van der Waals surface area contributed by atoms with Gasteiger partial charge in [0.1, 0.15) is 0 Å². The summed E-state index contributed by atoms with van der Waals surface area (Å²) in [5.41, 5.74) is 2.40. The molecule has 0 aliphatic heterocycles. The average Bonchev–Trinajstić information content (AvgIpc) is 2.41. The summed E-state index contributed by atoms with van der Waals surface area (Å²) in [6, 6.07) is 11.0. The second-order valence-corrected chi connectivity index (χ2v) is 4.62. The van der Waals surface area contributed by atoms with Crippen molar-refractivity contribution in [3.8, 4) is 0 Å². The zero-order chi connectivity index (χ0) is 13.7. The summed E-state index contributed by atoms with van der Waals surface area (Å²) in [5, 5.41) is 11.3. The molecule has 1 amide bonds. The normalized spacial score (nSPS) is 10.2. The molecule has 1 heterocycles. The molecular weight excluding hydrogens is 262 g/mol. The first-order valence-electron chi connectivity index (χ1n) is 5.94. The second kappa shape index (κ2) is 6.29. The van der Waals surface area contributed by atoms with Crippen LogP contribution in [0.3, 0.4) is 0 Å². The van der Waals surface area contributed by atoms with Gasteiger partial charge in [0.05, 0.1) is 24.4 Å². The van der Waals surface area contributed by atoms with Crippen LogP contribution in [0.2, 0.25) is 5.02 Å². The summed E-state index contributed by atoms with van der Waals surface area (Å²) in [7, 11) is 0. The van der Waals surface area contributed by atoms with Crippen LogP contribution in [0, 0.1) is 6.92 Å². The van der Waals surface area contributed by atoms with Crippen molar-refractivity contribution in [3.63, 3.8) is 0 Å². The van der Waals surface area contributed by atoms with Crippen molar-refractivity contribution < 1.29 is 4.79 Å². The molecule has 1 aromatic carbocycles. The highest BCUT2D eigenvalue weighted by Crippen LogP contribution is 2.15. The van der Waals surface area contributed by atoms with E-state index in [0.29, 0.717) is 11.6 Å². The van der Waals surface area contributed by atoms with Crippen molar-refractivity contribution in [2.75, 3.05) is 0 Å². The first kappa shape index (κ1) is 13.5. The molecule has 98 valence electrons. The van der Waals surface area contributed by atoms with Crippen molar-refractivity contribution in [3.05, 3.63) is 58.4 Å². The first-order valence-corrected chi connectivity index (χ1v) is 6.32. The third-order valence-corrected chi connectivity index (χ3v) is 3.00. The lowest BCUT2D eigenvalue weighted by atomic mass is 10.1. The van der Waals surface area contributed by atoms with Gasteiger partial charge in [-0.3, -0.25) is 4.79 Å². The van der Waals surface area contributed by atoms with Crippen LogP contribution < -0.4 is 5.32 Å². The molecule has 0 bridgehead atoms. The molecule has 1 aromatic heterocycles. The van der Waals surface area contributed by atoms with E-state index in [1.807, 2.05) is 37.3 Å². The van der Waals surface area contributed by atoms with Crippen LogP contribution in [0.1, 0.15) is 17.0 Å². The lowest BCUT2D eigenvalue weighted by Crippen LogP contribution is -2.25. The fourth-order valence-corrected chi connectivity index (χ4v) is 1.79. The molecule has 5 heteroatoms. The van der Waals surface area contributed by atoms with Crippen LogP contribution in [0.25, 0.3) is 0 Å². The van der Waals surface area contributed by atoms with Crippen LogP contribution in [0.4, 0.5) is 0 Å². The summed E-state index contributed by atoms with van der Waals surface area (Å²) in [6.45, 7) is 2.24. The van der Waals surface area contributed by atoms with Gasteiger partial charge in [-0.15, -0.1) is 0 Å². The molecule has 0 aliphatic rings. The fraction of sp³-hybridized carbons (Fsp3) is 0.214. The Morgan fingerprint density at radius 2 is 2.00 bits per heavy atom. The van der Waals surface area contributed by atoms with E-state index in [1.54, 1.807) is 6.07 Å². The molecule has 0 radical (unpaired) electrons. The molecule has 4 nitrogen and oxygen atoms in total. The minimum Gasteiger partial charge on any atom is -0.350 e. The number of aryl methyl sites for hydroxylation is 1. The quantitative estimate of drug-likeness (QED) is 0.931. The largest absolute Gasteiger partial charge is 0.350 e. The van der Waals surface area contributed by atoms with E-state index in [9.17, 15) is 4.79 Å². The van der Waals surface area contributed by atoms with Gasteiger partial charge in [-0.25, -0.2) is 0 Å². The Balaban J connectivity index is 1.88. The molecule has 1 N–H and O–H groups in total. The number of hydrogen-bond acceptors (Lipinski definition) is 3. The number of carbonyl (C=O) groups excluding carboxylic acids is 1. The third-order valence-electron chi connectivity index (χ3n) is 2.63. The first-order chi connectivity index (χ1) is 9.15. The summed E-state index contributed by atoms with van der Waals surface area (Å²) in [4.78, 5) is 11.8. The Hall–Kier alpha value is -1.94. The number of carbonyl (C=O) groups is 1.